The van der Waals surface area contributed by atoms with E-state index in [-0.39, 0.29) is 5.11 Å². The summed E-state index contributed by atoms with van der Waals surface area (Å²) in [7, 11) is 0. The summed E-state index contributed by atoms with van der Waals surface area (Å²) in [5.41, 5.74) is 9.72. The van der Waals surface area contributed by atoms with Gasteiger partial charge >= 0.3 is 0 Å². The Morgan fingerprint density at radius 2 is 2.05 bits per heavy atom. The van der Waals surface area contributed by atoms with Gasteiger partial charge in [0.25, 0.3) is 0 Å². The minimum atomic E-state index is 0.126. The molecule has 0 heterocycles. The van der Waals surface area contributed by atoms with Gasteiger partial charge in [0.1, 0.15) is 12.4 Å². The molecule has 2 rings (SSSR count). The zero-order chi connectivity index (χ0) is 15.1. The number of thiocarbonyl (C=S) groups is 1. The van der Waals surface area contributed by atoms with Crippen LogP contribution in [0.25, 0.3) is 0 Å². The van der Waals surface area contributed by atoms with Crippen molar-refractivity contribution in [1.29, 1.82) is 0 Å². The smallest absolute Gasteiger partial charge is 0.184 e. The van der Waals surface area contributed by atoms with Crippen LogP contribution in [0.1, 0.15) is 11.1 Å². The molecule has 0 aliphatic rings. The van der Waals surface area contributed by atoms with Gasteiger partial charge in [-0.1, -0.05) is 35.9 Å². The first-order valence-corrected chi connectivity index (χ1v) is 6.98. The van der Waals surface area contributed by atoms with Gasteiger partial charge in [-0.3, -0.25) is 5.43 Å². The van der Waals surface area contributed by atoms with E-state index in [1.165, 1.54) is 0 Å². The van der Waals surface area contributed by atoms with Gasteiger partial charge in [0.15, 0.2) is 5.11 Å². The average molecular weight is 320 g/mol. The fourth-order valence-electron chi connectivity index (χ4n) is 1.60. The Morgan fingerprint density at radius 1 is 1.29 bits per heavy atom. The third-order valence-corrected chi connectivity index (χ3v) is 2.91. The van der Waals surface area contributed by atoms with Crippen molar-refractivity contribution in [2.75, 3.05) is 0 Å². The van der Waals surface area contributed by atoms with Gasteiger partial charge in [0.05, 0.1) is 6.21 Å². The molecule has 3 N–H and O–H groups in total. The molecule has 2 aromatic carbocycles. The lowest BCUT2D eigenvalue weighted by atomic mass is 10.2. The summed E-state index contributed by atoms with van der Waals surface area (Å²) in [6.45, 7) is 0.475. The minimum Gasteiger partial charge on any atom is -0.489 e. The van der Waals surface area contributed by atoms with Gasteiger partial charge in [-0.05, 0) is 47.6 Å². The second-order valence-electron chi connectivity index (χ2n) is 4.22. The molecule has 0 unspecified atom stereocenters. The molecular formula is C15H14ClN3OS. The zero-order valence-corrected chi connectivity index (χ0v) is 12.7. The summed E-state index contributed by atoms with van der Waals surface area (Å²) >= 11 is 10.5. The standard InChI is InChI=1S/C15H14ClN3OS/c16-13-6-4-11(5-7-13)10-20-14-3-1-2-12(8-14)9-18-19-15(17)21/h1-9H,10H2,(H3,17,19,21). The van der Waals surface area contributed by atoms with Crippen LogP contribution in [-0.4, -0.2) is 11.3 Å². The van der Waals surface area contributed by atoms with Crippen LogP contribution in [0.3, 0.4) is 0 Å². The van der Waals surface area contributed by atoms with E-state index >= 15 is 0 Å². The Morgan fingerprint density at radius 3 is 2.76 bits per heavy atom. The van der Waals surface area contributed by atoms with Gasteiger partial charge in [-0.2, -0.15) is 5.10 Å². The van der Waals surface area contributed by atoms with E-state index in [9.17, 15) is 0 Å². The van der Waals surface area contributed by atoms with E-state index in [1.54, 1.807) is 6.21 Å². The zero-order valence-electron chi connectivity index (χ0n) is 11.1. The van der Waals surface area contributed by atoms with Crippen LogP contribution in [-0.2, 0) is 6.61 Å². The molecular weight excluding hydrogens is 306 g/mol. The van der Waals surface area contributed by atoms with E-state index in [0.717, 1.165) is 16.9 Å². The van der Waals surface area contributed by atoms with Crippen molar-refractivity contribution in [3.63, 3.8) is 0 Å². The Kier molecular flexibility index (Phi) is 5.54. The summed E-state index contributed by atoms with van der Waals surface area (Å²) in [6, 6.07) is 15.1. The van der Waals surface area contributed by atoms with Crippen LogP contribution >= 0.6 is 23.8 Å². The number of hydrazone groups is 1. The van der Waals surface area contributed by atoms with Crippen LogP contribution in [0.2, 0.25) is 5.02 Å². The number of halogens is 1. The molecule has 2 aromatic rings. The van der Waals surface area contributed by atoms with Crippen LogP contribution in [0.15, 0.2) is 53.6 Å². The van der Waals surface area contributed by atoms with Crippen LogP contribution in [0.4, 0.5) is 0 Å². The number of rotatable bonds is 5. The number of hydrogen-bond acceptors (Lipinski definition) is 3. The maximum Gasteiger partial charge on any atom is 0.184 e. The molecule has 21 heavy (non-hydrogen) atoms. The first kappa shape index (κ1) is 15.3. The van der Waals surface area contributed by atoms with Gasteiger partial charge < -0.3 is 10.5 Å². The van der Waals surface area contributed by atoms with Gasteiger partial charge in [-0.25, -0.2) is 0 Å². The number of nitrogens with two attached hydrogens (primary N) is 1. The van der Waals surface area contributed by atoms with Crippen LogP contribution in [0.5, 0.6) is 5.75 Å². The minimum absolute atomic E-state index is 0.126. The molecule has 0 bridgehead atoms. The van der Waals surface area contributed by atoms with Crippen molar-refractivity contribution in [3.8, 4) is 5.75 Å². The van der Waals surface area contributed by atoms with Gasteiger partial charge in [-0.15, -0.1) is 0 Å². The predicted octanol–water partition coefficient (Wildman–Crippen LogP) is 3.09. The van der Waals surface area contributed by atoms with Crippen molar-refractivity contribution in [2.45, 2.75) is 6.61 Å². The lowest BCUT2D eigenvalue weighted by Crippen LogP contribution is -2.23. The molecule has 108 valence electrons. The molecule has 0 fully saturated rings. The highest BCUT2D eigenvalue weighted by Crippen LogP contribution is 2.15. The molecule has 0 atom stereocenters. The average Bonchev–Trinajstić information content (AvgIpc) is 2.47. The van der Waals surface area contributed by atoms with Crippen molar-refractivity contribution in [2.24, 2.45) is 10.8 Å². The van der Waals surface area contributed by atoms with Crippen molar-refractivity contribution in [1.82, 2.24) is 5.43 Å². The molecule has 4 nitrogen and oxygen atoms in total. The highest BCUT2D eigenvalue weighted by molar-refractivity contribution is 7.80. The summed E-state index contributed by atoms with van der Waals surface area (Å²) in [5.74, 6) is 0.754. The first-order chi connectivity index (χ1) is 10.1. The normalized spacial score (nSPS) is 10.5. The first-order valence-electron chi connectivity index (χ1n) is 6.19. The molecule has 0 saturated heterocycles. The number of hydrogen-bond donors (Lipinski definition) is 2. The topological polar surface area (TPSA) is 59.6 Å². The molecule has 0 radical (unpaired) electrons. The highest BCUT2D eigenvalue weighted by Gasteiger charge is 1.97. The predicted molar refractivity (Wildman–Crippen MR) is 89.7 cm³/mol. The van der Waals surface area contributed by atoms with E-state index in [0.29, 0.717) is 11.6 Å². The molecule has 0 aliphatic carbocycles. The van der Waals surface area contributed by atoms with Crippen molar-refractivity contribution < 1.29 is 4.74 Å². The molecule has 0 saturated carbocycles. The SMILES string of the molecule is NC(=S)NN=Cc1cccc(OCc2ccc(Cl)cc2)c1. The number of benzene rings is 2. The molecule has 0 aliphatic heterocycles. The monoisotopic (exact) mass is 319 g/mol. The highest BCUT2D eigenvalue weighted by atomic mass is 35.5. The lowest BCUT2D eigenvalue weighted by Gasteiger charge is -2.07. The van der Waals surface area contributed by atoms with Gasteiger partial charge in [0.2, 0.25) is 0 Å². The lowest BCUT2D eigenvalue weighted by molar-refractivity contribution is 0.306. The van der Waals surface area contributed by atoms with Gasteiger partial charge in [0, 0.05) is 5.02 Å². The number of nitrogens with one attached hydrogen (secondary N) is 1. The van der Waals surface area contributed by atoms with E-state index in [4.69, 9.17) is 22.1 Å². The molecule has 0 amide bonds. The second kappa shape index (κ2) is 7.61. The summed E-state index contributed by atoms with van der Waals surface area (Å²) in [5, 5.41) is 4.74. The maximum atomic E-state index is 5.84. The van der Waals surface area contributed by atoms with Crippen LogP contribution < -0.4 is 15.9 Å². The summed E-state index contributed by atoms with van der Waals surface area (Å²) in [6.07, 6.45) is 1.62. The molecule has 0 aromatic heterocycles. The summed E-state index contributed by atoms with van der Waals surface area (Å²) in [4.78, 5) is 0. The fourth-order valence-corrected chi connectivity index (χ4v) is 1.78. The van der Waals surface area contributed by atoms with E-state index in [1.807, 2.05) is 48.5 Å². The number of nitrogens with zero attached hydrogens (tertiary/aromatic N) is 1. The Balaban J connectivity index is 1.96. The largest absolute Gasteiger partial charge is 0.489 e. The van der Waals surface area contributed by atoms with E-state index in [2.05, 4.69) is 22.7 Å². The maximum absolute atomic E-state index is 5.84. The summed E-state index contributed by atoms with van der Waals surface area (Å²) < 4.78 is 5.72. The molecule has 0 spiro atoms. The van der Waals surface area contributed by atoms with E-state index < -0.39 is 0 Å². The van der Waals surface area contributed by atoms with Crippen molar-refractivity contribution in [3.05, 3.63) is 64.7 Å². The van der Waals surface area contributed by atoms with Crippen molar-refractivity contribution >= 4 is 35.1 Å². The Labute approximate surface area is 133 Å². The third kappa shape index (κ3) is 5.41. The Bertz CT molecular complexity index is 644. The third-order valence-electron chi connectivity index (χ3n) is 2.57. The van der Waals surface area contributed by atoms with Crippen LogP contribution in [0, 0.1) is 0 Å². The quantitative estimate of drug-likeness (QED) is 0.505. The second-order valence-corrected chi connectivity index (χ2v) is 5.10. The fraction of sp³-hybridized carbons (Fsp3) is 0.0667. The molecule has 6 heteroatoms. The Hall–Kier alpha value is -2.11. The number of ether oxygens (including phenoxy) is 1.